The lowest BCUT2D eigenvalue weighted by Crippen LogP contribution is -1.90. The number of methoxy groups -OCH3 is 2. The SMILES string of the molecule is COc1ccc(OC)c(C#Cc2ccsc2)c1. The zero-order valence-corrected chi connectivity index (χ0v) is 10.5. The van der Waals surface area contributed by atoms with Crippen LogP contribution < -0.4 is 9.47 Å². The van der Waals surface area contributed by atoms with Crippen LogP contribution >= 0.6 is 11.3 Å². The quantitative estimate of drug-likeness (QED) is 0.755. The molecule has 1 aromatic heterocycles. The molecule has 3 heteroatoms. The van der Waals surface area contributed by atoms with Crippen molar-refractivity contribution >= 4 is 11.3 Å². The summed E-state index contributed by atoms with van der Waals surface area (Å²) >= 11 is 1.63. The molecule has 0 amide bonds. The number of ether oxygens (including phenoxy) is 2. The van der Waals surface area contributed by atoms with Crippen molar-refractivity contribution in [1.82, 2.24) is 0 Å². The summed E-state index contributed by atoms with van der Waals surface area (Å²) in [5.41, 5.74) is 1.85. The van der Waals surface area contributed by atoms with Crippen molar-refractivity contribution in [3.8, 4) is 23.3 Å². The molecule has 0 bridgehead atoms. The molecular weight excluding hydrogens is 232 g/mol. The van der Waals surface area contributed by atoms with Crippen LogP contribution in [0.15, 0.2) is 35.0 Å². The fourth-order valence-electron chi connectivity index (χ4n) is 1.39. The predicted molar refractivity (Wildman–Crippen MR) is 69.8 cm³/mol. The highest BCUT2D eigenvalue weighted by molar-refractivity contribution is 7.08. The van der Waals surface area contributed by atoms with Gasteiger partial charge in [0.25, 0.3) is 0 Å². The van der Waals surface area contributed by atoms with Crippen LogP contribution in [0.25, 0.3) is 0 Å². The Kier molecular flexibility index (Phi) is 3.69. The Bertz CT molecular complexity index is 547. The third kappa shape index (κ3) is 2.80. The van der Waals surface area contributed by atoms with E-state index >= 15 is 0 Å². The first-order valence-corrected chi connectivity index (χ1v) is 6.04. The van der Waals surface area contributed by atoms with Gasteiger partial charge in [-0.1, -0.05) is 11.8 Å². The summed E-state index contributed by atoms with van der Waals surface area (Å²) in [4.78, 5) is 0. The summed E-state index contributed by atoms with van der Waals surface area (Å²) < 4.78 is 10.4. The maximum Gasteiger partial charge on any atom is 0.134 e. The first-order valence-electron chi connectivity index (χ1n) is 5.09. The van der Waals surface area contributed by atoms with Crippen LogP contribution in [-0.4, -0.2) is 14.2 Å². The summed E-state index contributed by atoms with van der Waals surface area (Å²) in [5.74, 6) is 7.72. The maximum absolute atomic E-state index is 5.26. The second kappa shape index (κ2) is 5.42. The molecule has 0 aliphatic carbocycles. The fraction of sp³-hybridized carbons (Fsp3) is 0.143. The second-order valence-corrected chi connectivity index (χ2v) is 4.11. The van der Waals surface area contributed by atoms with Crippen LogP contribution in [0.5, 0.6) is 11.5 Å². The zero-order valence-electron chi connectivity index (χ0n) is 9.69. The predicted octanol–water partition coefficient (Wildman–Crippen LogP) is 3.17. The van der Waals surface area contributed by atoms with Gasteiger partial charge in [-0.05, 0) is 29.6 Å². The monoisotopic (exact) mass is 244 g/mol. The lowest BCUT2D eigenvalue weighted by molar-refractivity contribution is 0.402. The molecule has 0 N–H and O–H groups in total. The third-order valence-corrected chi connectivity index (χ3v) is 2.95. The van der Waals surface area contributed by atoms with Gasteiger partial charge in [-0.3, -0.25) is 0 Å². The van der Waals surface area contributed by atoms with Crippen molar-refractivity contribution in [1.29, 1.82) is 0 Å². The van der Waals surface area contributed by atoms with Crippen molar-refractivity contribution in [3.05, 3.63) is 46.2 Å². The minimum Gasteiger partial charge on any atom is -0.497 e. The topological polar surface area (TPSA) is 18.5 Å². The van der Waals surface area contributed by atoms with E-state index in [1.54, 1.807) is 25.6 Å². The highest BCUT2D eigenvalue weighted by Crippen LogP contribution is 2.23. The Hall–Kier alpha value is -1.92. The highest BCUT2D eigenvalue weighted by atomic mass is 32.1. The Labute approximate surface area is 105 Å². The van der Waals surface area contributed by atoms with Gasteiger partial charge in [-0.2, -0.15) is 11.3 Å². The molecule has 0 radical (unpaired) electrons. The minimum atomic E-state index is 0.758. The lowest BCUT2D eigenvalue weighted by atomic mass is 10.2. The van der Waals surface area contributed by atoms with Gasteiger partial charge in [0.2, 0.25) is 0 Å². The van der Waals surface area contributed by atoms with Crippen LogP contribution in [0.1, 0.15) is 11.1 Å². The molecule has 86 valence electrons. The highest BCUT2D eigenvalue weighted by Gasteiger charge is 2.01. The van der Waals surface area contributed by atoms with Crippen molar-refractivity contribution in [2.45, 2.75) is 0 Å². The molecule has 1 aromatic carbocycles. The Morgan fingerprint density at radius 2 is 1.94 bits per heavy atom. The normalized spacial score (nSPS) is 9.29. The molecule has 2 rings (SSSR count). The number of hydrogen-bond donors (Lipinski definition) is 0. The average Bonchev–Trinajstić information content (AvgIpc) is 2.89. The van der Waals surface area contributed by atoms with Crippen molar-refractivity contribution in [2.75, 3.05) is 14.2 Å². The second-order valence-electron chi connectivity index (χ2n) is 3.33. The molecule has 0 saturated carbocycles. The number of thiophene rings is 1. The van der Waals surface area contributed by atoms with Crippen LogP contribution in [0.3, 0.4) is 0 Å². The van der Waals surface area contributed by atoms with E-state index < -0.39 is 0 Å². The minimum absolute atomic E-state index is 0.758. The van der Waals surface area contributed by atoms with E-state index in [0.717, 1.165) is 22.6 Å². The standard InChI is InChI=1S/C14H12O2S/c1-15-13-5-6-14(16-2)12(9-13)4-3-11-7-8-17-10-11/h5-10H,1-2H3. The van der Waals surface area contributed by atoms with E-state index in [0.29, 0.717) is 0 Å². The Morgan fingerprint density at radius 3 is 2.59 bits per heavy atom. The lowest BCUT2D eigenvalue weighted by Gasteiger charge is -2.05. The fourth-order valence-corrected chi connectivity index (χ4v) is 1.97. The van der Waals surface area contributed by atoms with Crippen LogP contribution in [0.2, 0.25) is 0 Å². The Morgan fingerprint density at radius 1 is 1.06 bits per heavy atom. The first-order chi connectivity index (χ1) is 8.33. The van der Waals surface area contributed by atoms with E-state index in [-0.39, 0.29) is 0 Å². The smallest absolute Gasteiger partial charge is 0.134 e. The van der Waals surface area contributed by atoms with Gasteiger partial charge in [-0.15, -0.1) is 0 Å². The molecular formula is C14H12O2S. The van der Waals surface area contributed by atoms with Gasteiger partial charge < -0.3 is 9.47 Å². The maximum atomic E-state index is 5.26. The van der Waals surface area contributed by atoms with Crippen molar-refractivity contribution in [2.24, 2.45) is 0 Å². The molecule has 2 nitrogen and oxygen atoms in total. The molecule has 2 aromatic rings. The van der Waals surface area contributed by atoms with E-state index in [4.69, 9.17) is 9.47 Å². The average molecular weight is 244 g/mol. The zero-order chi connectivity index (χ0) is 12.1. The van der Waals surface area contributed by atoms with Crippen molar-refractivity contribution < 1.29 is 9.47 Å². The van der Waals surface area contributed by atoms with E-state index in [9.17, 15) is 0 Å². The van der Waals surface area contributed by atoms with Crippen LogP contribution in [0, 0.1) is 11.8 Å². The summed E-state index contributed by atoms with van der Waals surface area (Å²) in [6, 6.07) is 7.58. The van der Waals surface area contributed by atoms with Crippen LogP contribution in [0.4, 0.5) is 0 Å². The van der Waals surface area contributed by atoms with Gasteiger partial charge in [-0.25, -0.2) is 0 Å². The molecule has 0 aliphatic heterocycles. The molecule has 0 atom stereocenters. The molecule has 0 unspecified atom stereocenters. The first kappa shape index (κ1) is 11.6. The molecule has 0 fully saturated rings. The van der Waals surface area contributed by atoms with E-state index in [2.05, 4.69) is 11.8 Å². The number of rotatable bonds is 2. The summed E-state index contributed by atoms with van der Waals surface area (Å²) in [6.45, 7) is 0. The molecule has 0 spiro atoms. The molecule has 1 heterocycles. The van der Waals surface area contributed by atoms with E-state index in [1.165, 1.54) is 0 Å². The molecule has 0 saturated heterocycles. The summed E-state index contributed by atoms with van der Waals surface area (Å²) in [5, 5.41) is 4.02. The summed E-state index contributed by atoms with van der Waals surface area (Å²) in [6.07, 6.45) is 0. The number of benzene rings is 1. The molecule has 17 heavy (non-hydrogen) atoms. The van der Waals surface area contributed by atoms with Gasteiger partial charge >= 0.3 is 0 Å². The molecule has 0 aliphatic rings. The Balaban J connectivity index is 2.36. The largest absolute Gasteiger partial charge is 0.497 e. The van der Waals surface area contributed by atoms with Crippen molar-refractivity contribution in [3.63, 3.8) is 0 Å². The summed E-state index contributed by atoms with van der Waals surface area (Å²) in [7, 11) is 3.27. The van der Waals surface area contributed by atoms with Gasteiger partial charge in [0.05, 0.1) is 19.8 Å². The van der Waals surface area contributed by atoms with Crippen LogP contribution in [-0.2, 0) is 0 Å². The van der Waals surface area contributed by atoms with Gasteiger partial charge in [0.15, 0.2) is 0 Å². The van der Waals surface area contributed by atoms with E-state index in [1.807, 2.05) is 35.0 Å². The van der Waals surface area contributed by atoms with Gasteiger partial charge in [0.1, 0.15) is 11.5 Å². The van der Waals surface area contributed by atoms with Gasteiger partial charge in [0, 0.05) is 10.9 Å². The number of hydrogen-bond acceptors (Lipinski definition) is 3. The third-order valence-electron chi connectivity index (χ3n) is 2.27.